The fourth-order valence-corrected chi connectivity index (χ4v) is 2.47. The van der Waals surface area contributed by atoms with E-state index in [0.29, 0.717) is 19.6 Å². The molecular weight excluding hydrogens is 236 g/mol. The molecule has 104 valence electrons. The van der Waals surface area contributed by atoms with E-state index in [1.54, 1.807) is 4.90 Å². The van der Waals surface area contributed by atoms with Crippen LogP contribution in [0.15, 0.2) is 0 Å². The molecule has 1 N–H and O–H groups in total. The molecular formula is C12H22N2O4. The number of ether oxygens (including phenoxy) is 2. The molecule has 0 saturated carbocycles. The molecule has 0 aromatic heterocycles. The van der Waals surface area contributed by atoms with E-state index in [1.165, 1.54) is 0 Å². The van der Waals surface area contributed by atoms with E-state index < -0.39 is 0 Å². The second-order valence-electron chi connectivity index (χ2n) is 4.72. The summed E-state index contributed by atoms with van der Waals surface area (Å²) >= 11 is 0. The van der Waals surface area contributed by atoms with E-state index in [-0.39, 0.29) is 18.7 Å². The van der Waals surface area contributed by atoms with Crippen molar-refractivity contribution in [1.29, 1.82) is 0 Å². The van der Waals surface area contributed by atoms with Gasteiger partial charge in [-0.2, -0.15) is 0 Å². The smallest absolute Gasteiger partial charge is 0.410 e. The van der Waals surface area contributed by atoms with Crippen molar-refractivity contribution in [1.82, 2.24) is 9.80 Å². The van der Waals surface area contributed by atoms with Crippen LogP contribution in [0.5, 0.6) is 0 Å². The van der Waals surface area contributed by atoms with Gasteiger partial charge in [0.15, 0.2) is 0 Å². The lowest BCUT2D eigenvalue weighted by molar-refractivity contribution is 0.0138. The number of rotatable bonds is 5. The van der Waals surface area contributed by atoms with E-state index in [0.717, 1.165) is 39.3 Å². The van der Waals surface area contributed by atoms with E-state index in [4.69, 9.17) is 14.6 Å². The Bertz CT molecular complexity index is 267. The van der Waals surface area contributed by atoms with Crippen molar-refractivity contribution in [2.45, 2.75) is 18.9 Å². The first kappa shape index (κ1) is 13.6. The molecule has 6 heteroatoms. The summed E-state index contributed by atoms with van der Waals surface area (Å²) in [4.78, 5) is 15.8. The molecule has 1 amide bonds. The Morgan fingerprint density at radius 1 is 1.22 bits per heavy atom. The number of nitrogens with zero attached hydrogens (tertiary/aromatic N) is 2. The van der Waals surface area contributed by atoms with Crippen LogP contribution in [0.3, 0.4) is 0 Å². The van der Waals surface area contributed by atoms with Crippen molar-refractivity contribution in [2.75, 3.05) is 52.6 Å². The molecule has 0 bridgehead atoms. The molecule has 2 rings (SSSR count). The number of carbonyl (C=O) groups excluding carboxylic acids is 1. The predicted octanol–water partition coefficient (Wildman–Crippen LogP) is -0.0881. The number of carbonyl (C=O) groups is 1. The molecule has 0 radical (unpaired) electrons. The molecule has 2 fully saturated rings. The van der Waals surface area contributed by atoms with Gasteiger partial charge in [-0.3, -0.25) is 4.90 Å². The number of aliphatic hydroxyl groups excluding tert-OH is 1. The zero-order valence-electron chi connectivity index (χ0n) is 10.7. The number of amides is 1. The van der Waals surface area contributed by atoms with E-state index in [9.17, 15) is 4.79 Å². The van der Waals surface area contributed by atoms with Crippen LogP contribution in [-0.4, -0.2) is 79.6 Å². The van der Waals surface area contributed by atoms with E-state index >= 15 is 0 Å². The highest BCUT2D eigenvalue weighted by Crippen LogP contribution is 2.16. The number of cyclic esters (lactones) is 1. The molecule has 1 unspecified atom stereocenters. The highest BCUT2D eigenvalue weighted by atomic mass is 16.6. The van der Waals surface area contributed by atoms with Crippen molar-refractivity contribution >= 4 is 6.09 Å². The van der Waals surface area contributed by atoms with Gasteiger partial charge in [-0.15, -0.1) is 0 Å². The minimum absolute atomic E-state index is 0.117. The molecule has 2 aliphatic rings. The SMILES string of the molecule is O=C1OCCC(CCO)N1CCN1CCOCC1. The van der Waals surface area contributed by atoms with Crippen LogP contribution >= 0.6 is 0 Å². The van der Waals surface area contributed by atoms with Gasteiger partial charge in [0.1, 0.15) is 0 Å². The van der Waals surface area contributed by atoms with Crippen LogP contribution in [0.1, 0.15) is 12.8 Å². The zero-order valence-corrected chi connectivity index (χ0v) is 10.7. The van der Waals surface area contributed by atoms with Crippen LogP contribution in [-0.2, 0) is 9.47 Å². The lowest BCUT2D eigenvalue weighted by Crippen LogP contribution is -2.50. The largest absolute Gasteiger partial charge is 0.449 e. The van der Waals surface area contributed by atoms with Crippen molar-refractivity contribution < 1.29 is 19.4 Å². The predicted molar refractivity (Wildman–Crippen MR) is 65.4 cm³/mol. The van der Waals surface area contributed by atoms with Crippen LogP contribution < -0.4 is 0 Å². The summed E-state index contributed by atoms with van der Waals surface area (Å²) in [5, 5.41) is 9.03. The third-order valence-electron chi connectivity index (χ3n) is 3.58. The molecule has 1 atom stereocenters. The average molecular weight is 258 g/mol. The summed E-state index contributed by atoms with van der Waals surface area (Å²) in [5.41, 5.74) is 0. The molecule has 0 aromatic rings. The second-order valence-corrected chi connectivity index (χ2v) is 4.72. The van der Waals surface area contributed by atoms with Gasteiger partial charge in [-0.05, 0) is 6.42 Å². The molecule has 2 heterocycles. The molecule has 0 aromatic carbocycles. The van der Waals surface area contributed by atoms with Gasteiger partial charge in [0.25, 0.3) is 0 Å². The quantitative estimate of drug-likeness (QED) is 0.747. The number of aliphatic hydroxyl groups is 1. The number of hydrogen-bond donors (Lipinski definition) is 1. The minimum atomic E-state index is -0.243. The topological polar surface area (TPSA) is 62.2 Å². The lowest BCUT2D eigenvalue weighted by Gasteiger charge is -2.36. The summed E-state index contributed by atoms with van der Waals surface area (Å²) < 4.78 is 10.4. The third-order valence-corrected chi connectivity index (χ3v) is 3.58. The first-order chi connectivity index (χ1) is 8.81. The maximum absolute atomic E-state index is 11.7. The number of hydrogen-bond acceptors (Lipinski definition) is 5. The maximum Gasteiger partial charge on any atom is 0.410 e. The monoisotopic (exact) mass is 258 g/mol. The Balaban J connectivity index is 1.81. The second kappa shape index (κ2) is 6.92. The first-order valence-corrected chi connectivity index (χ1v) is 6.65. The van der Waals surface area contributed by atoms with E-state index in [2.05, 4.69) is 4.90 Å². The van der Waals surface area contributed by atoms with Crippen molar-refractivity contribution in [2.24, 2.45) is 0 Å². The molecule has 0 aliphatic carbocycles. The Morgan fingerprint density at radius 3 is 2.72 bits per heavy atom. The van der Waals surface area contributed by atoms with Gasteiger partial charge in [0, 0.05) is 45.2 Å². The Morgan fingerprint density at radius 2 is 2.00 bits per heavy atom. The van der Waals surface area contributed by atoms with Crippen LogP contribution in [0.25, 0.3) is 0 Å². The van der Waals surface area contributed by atoms with Gasteiger partial charge in [-0.1, -0.05) is 0 Å². The van der Waals surface area contributed by atoms with Gasteiger partial charge in [0.2, 0.25) is 0 Å². The average Bonchev–Trinajstić information content (AvgIpc) is 2.40. The number of morpholine rings is 1. The summed E-state index contributed by atoms with van der Waals surface area (Å²) in [6.45, 7) is 5.49. The first-order valence-electron chi connectivity index (χ1n) is 6.65. The van der Waals surface area contributed by atoms with Crippen molar-refractivity contribution in [3.8, 4) is 0 Å². The molecule has 0 spiro atoms. The van der Waals surface area contributed by atoms with Crippen LogP contribution in [0.2, 0.25) is 0 Å². The normalized spacial score (nSPS) is 26.2. The lowest BCUT2D eigenvalue weighted by atomic mass is 10.1. The standard InChI is InChI=1S/C12H22N2O4/c15-7-1-11-2-8-18-12(16)14(11)4-3-13-5-9-17-10-6-13/h11,15H,1-10H2. The maximum atomic E-state index is 11.7. The molecule has 18 heavy (non-hydrogen) atoms. The van der Waals surface area contributed by atoms with Gasteiger partial charge < -0.3 is 19.5 Å². The highest BCUT2D eigenvalue weighted by molar-refractivity contribution is 5.68. The van der Waals surface area contributed by atoms with E-state index in [1.807, 2.05) is 0 Å². The van der Waals surface area contributed by atoms with Crippen molar-refractivity contribution in [3.63, 3.8) is 0 Å². The summed E-state index contributed by atoms with van der Waals surface area (Å²) in [6.07, 6.45) is 1.21. The summed E-state index contributed by atoms with van der Waals surface area (Å²) in [6, 6.07) is 0.122. The van der Waals surface area contributed by atoms with Crippen molar-refractivity contribution in [3.05, 3.63) is 0 Å². The third kappa shape index (κ3) is 3.57. The van der Waals surface area contributed by atoms with Crippen LogP contribution in [0.4, 0.5) is 4.79 Å². The highest BCUT2D eigenvalue weighted by Gasteiger charge is 2.29. The fraction of sp³-hybridized carbons (Fsp3) is 0.917. The summed E-state index contributed by atoms with van der Waals surface area (Å²) in [7, 11) is 0. The van der Waals surface area contributed by atoms with Gasteiger partial charge >= 0.3 is 6.09 Å². The fourth-order valence-electron chi connectivity index (χ4n) is 2.47. The molecule has 2 aliphatic heterocycles. The van der Waals surface area contributed by atoms with Gasteiger partial charge in [0.05, 0.1) is 19.8 Å². The summed E-state index contributed by atoms with van der Waals surface area (Å²) in [5.74, 6) is 0. The molecule has 2 saturated heterocycles. The Kier molecular flexibility index (Phi) is 5.22. The Hall–Kier alpha value is -0.850. The van der Waals surface area contributed by atoms with Gasteiger partial charge in [-0.25, -0.2) is 4.79 Å². The zero-order chi connectivity index (χ0) is 12.8. The minimum Gasteiger partial charge on any atom is -0.449 e. The molecule has 6 nitrogen and oxygen atoms in total. The van der Waals surface area contributed by atoms with Crippen LogP contribution in [0, 0.1) is 0 Å². The Labute approximate surface area is 107 Å².